The van der Waals surface area contributed by atoms with Crippen molar-refractivity contribution in [3.63, 3.8) is 0 Å². The summed E-state index contributed by atoms with van der Waals surface area (Å²) in [6, 6.07) is 0. The van der Waals surface area contributed by atoms with Crippen molar-refractivity contribution < 1.29 is 14.3 Å². The molecule has 0 saturated carbocycles. The summed E-state index contributed by atoms with van der Waals surface area (Å²) in [5, 5.41) is 5.74. The fraction of sp³-hybridized carbons (Fsp3) is 0.714. The molecule has 6 nitrogen and oxygen atoms in total. The molecule has 4 N–H and O–H groups in total. The van der Waals surface area contributed by atoms with Crippen molar-refractivity contribution in [2.45, 2.75) is 32.6 Å². The Morgan fingerprint density at radius 2 is 1.90 bits per heavy atom. The van der Waals surface area contributed by atoms with Crippen LogP contribution in [-0.2, 0) is 14.3 Å². The first-order valence-electron chi connectivity index (χ1n) is 6.91. The van der Waals surface area contributed by atoms with Crippen LogP contribution in [-0.4, -0.2) is 38.5 Å². The minimum atomic E-state index is -0.275. The van der Waals surface area contributed by atoms with Crippen LogP contribution in [0.5, 0.6) is 0 Å². The van der Waals surface area contributed by atoms with Gasteiger partial charge in [-0.25, -0.2) is 0 Å². The van der Waals surface area contributed by atoms with Crippen molar-refractivity contribution in [1.82, 2.24) is 10.6 Å². The average Bonchev–Trinajstić information content (AvgIpc) is 2.37. The molecular weight excluding hydrogens is 258 g/mol. The average molecular weight is 285 g/mol. The lowest BCUT2D eigenvalue weighted by molar-refractivity contribution is -0.129. The molecule has 0 rings (SSSR count). The van der Waals surface area contributed by atoms with Gasteiger partial charge in [-0.2, -0.15) is 0 Å². The smallest absolute Gasteiger partial charge is 0.223 e. The van der Waals surface area contributed by atoms with Gasteiger partial charge in [0.15, 0.2) is 0 Å². The molecule has 0 spiro atoms. The Morgan fingerprint density at radius 1 is 1.25 bits per heavy atom. The second-order valence-corrected chi connectivity index (χ2v) is 4.83. The van der Waals surface area contributed by atoms with Crippen LogP contribution >= 0.6 is 0 Å². The van der Waals surface area contributed by atoms with Crippen LogP contribution in [0, 0.1) is 5.92 Å². The number of rotatable bonds is 12. The third-order valence-corrected chi connectivity index (χ3v) is 2.81. The number of amides is 1. The highest BCUT2D eigenvalue weighted by Crippen LogP contribution is 2.12. The van der Waals surface area contributed by atoms with E-state index in [0.29, 0.717) is 31.9 Å². The molecule has 0 aliphatic carbocycles. The largest absolute Gasteiger partial charge is 0.386 e. The number of nitrogens with one attached hydrogen (secondary N) is 2. The van der Waals surface area contributed by atoms with E-state index in [9.17, 15) is 9.59 Å². The zero-order chi connectivity index (χ0) is 15.4. The van der Waals surface area contributed by atoms with Crippen LogP contribution in [0.1, 0.15) is 32.6 Å². The van der Waals surface area contributed by atoms with Gasteiger partial charge < -0.3 is 25.9 Å². The minimum Gasteiger partial charge on any atom is -0.386 e. The molecule has 0 aromatic heterocycles. The predicted molar refractivity (Wildman–Crippen MR) is 78.9 cm³/mol. The normalized spacial score (nSPS) is 11.7. The monoisotopic (exact) mass is 285 g/mol. The van der Waals surface area contributed by atoms with Crippen molar-refractivity contribution in [1.29, 1.82) is 0 Å². The lowest BCUT2D eigenvalue weighted by Gasteiger charge is -2.16. The Balaban J connectivity index is 4.07. The van der Waals surface area contributed by atoms with Gasteiger partial charge in [0.1, 0.15) is 5.78 Å². The van der Waals surface area contributed by atoms with Crippen LogP contribution in [0.4, 0.5) is 0 Å². The van der Waals surface area contributed by atoms with E-state index >= 15 is 0 Å². The number of carbonyl (C=O) groups is 2. The van der Waals surface area contributed by atoms with Crippen LogP contribution in [0.2, 0.25) is 0 Å². The molecule has 0 aliphatic heterocycles. The lowest BCUT2D eigenvalue weighted by atomic mass is 9.96. The third-order valence-electron chi connectivity index (χ3n) is 2.81. The van der Waals surface area contributed by atoms with Gasteiger partial charge in [0.05, 0.1) is 5.82 Å². The van der Waals surface area contributed by atoms with E-state index in [1.54, 1.807) is 7.11 Å². The lowest BCUT2D eigenvalue weighted by Crippen LogP contribution is -2.33. The summed E-state index contributed by atoms with van der Waals surface area (Å²) in [5.41, 5.74) is 5.39. The number of Topliss-reactive ketones (excluding diaryl/α,β-unsaturated/α-hetero) is 1. The molecule has 0 aromatic rings. The molecule has 0 bridgehead atoms. The Labute approximate surface area is 121 Å². The van der Waals surface area contributed by atoms with Gasteiger partial charge in [0, 0.05) is 39.1 Å². The number of hydrogen-bond donors (Lipinski definition) is 3. The van der Waals surface area contributed by atoms with Gasteiger partial charge in [-0.15, -0.1) is 0 Å². The summed E-state index contributed by atoms with van der Waals surface area (Å²) in [7, 11) is 1.62. The SMILES string of the molecule is C=C(N)NCCC[C@H](CC(C)=O)C(=O)NCCCOC. The van der Waals surface area contributed by atoms with Crippen LogP contribution in [0.15, 0.2) is 12.4 Å². The number of ether oxygens (including phenoxy) is 1. The summed E-state index contributed by atoms with van der Waals surface area (Å²) in [4.78, 5) is 23.2. The predicted octanol–water partition coefficient (Wildman–Crippen LogP) is 0.534. The maximum Gasteiger partial charge on any atom is 0.223 e. The first-order valence-corrected chi connectivity index (χ1v) is 6.91. The molecular formula is C14H27N3O3. The van der Waals surface area contributed by atoms with Crippen molar-refractivity contribution in [3.05, 3.63) is 12.4 Å². The maximum atomic E-state index is 12.0. The van der Waals surface area contributed by atoms with Gasteiger partial charge in [-0.3, -0.25) is 4.79 Å². The molecule has 116 valence electrons. The number of ketones is 1. The number of methoxy groups -OCH3 is 1. The van der Waals surface area contributed by atoms with Crippen molar-refractivity contribution in [3.8, 4) is 0 Å². The summed E-state index contributed by atoms with van der Waals surface area (Å²) in [6.45, 7) is 6.87. The van der Waals surface area contributed by atoms with E-state index in [1.807, 2.05) is 0 Å². The maximum absolute atomic E-state index is 12.0. The fourth-order valence-corrected chi connectivity index (χ4v) is 1.84. The molecule has 1 amide bonds. The van der Waals surface area contributed by atoms with Gasteiger partial charge in [-0.1, -0.05) is 6.58 Å². The van der Waals surface area contributed by atoms with Gasteiger partial charge in [-0.05, 0) is 26.2 Å². The van der Waals surface area contributed by atoms with Crippen LogP contribution < -0.4 is 16.4 Å². The third kappa shape index (κ3) is 10.4. The Kier molecular flexibility index (Phi) is 10.4. The minimum absolute atomic E-state index is 0.0261. The first kappa shape index (κ1) is 18.4. The van der Waals surface area contributed by atoms with E-state index in [4.69, 9.17) is 10.5 Å². The van der Waals surface area contributed by atoms with Gasteiger partial charge >= 0.3 is 0 Å². The highest BCUT2D eigenvalue weighted by Gasteiger charge is 2.19. The Bertz CT molecular complexity index is 319. The van der Waals surface area contributed by atoms with Crippen LogP contribution in [0.3, 0.4) is 0 Å². The molecule has 0 fully saturated rings. The fourth-order valence-electron chi connectivity index (χ4n) is 1.84. The number of nitrogens with two attached hydrogens (primary N) is 1. The van der Waals surface area contributed by atoms with Gasteiger partial charge in [0.25, 0.3) is 0 Å². The highest BCUT2D eigenvalue weighted by atomic mass is 16.5. The van der Waals surface area contributed by atoms with Crippen molar-refractivity contribution in [2.24, 2.45) is 11.7 Å². The highest BCUT2D eigenvalue weighted by molar-refractivity contribution is 5.85. The molecule has 6 heteroatoms. The van der Waals surface area contributed by atoms with E-state index in [2.05, 4.69) is 17.2 Å². The molecule has 0 unspecified atom stereocenters. The first-order chi connectivity index (χ1) is 9.47. The topological polar surface area (TPSA) is 93.5 Å². The molecule has 0 heterocycles. The van der Waals surface area contributed by atoms with E-state index in [-0.39, 0.29) is 24.0 Å². The zero-order valence-corrected chi connectivity index (χ0v) is 12.5. The summed E-state index contributed by atoms with van der Waals surface area (Å²) in [5.74, 6) is 0.0983. The Morgan fingerprint density at radius 3 is 2.45 bits per heavy atom. The number of carbonyl (C=O) groups excluding carboxylic acids is 2. The zero-order valence-electron chi connectivity index (χ0n) is 12.5. The van der Waals surface area contributed by atoms with E-state index < -0.39 is 0 Å². The summed E-state index contributed by atoms with van der Waals surface area (Å²) in [6.07, 6.45) is 2.46. The van der Waals surface area contributed by atoms with E-state index in [1.165, 1.54) is 6.92 Å². The second-order valence-electron chi connectivity index (χ2n) is 4.83. The quantitative estimate of drug-likeness (QED) is 0.455. The van der Waals surface area contributed by atoms with E-state index in [0.717, 1.165) is 12.8 Å². The molecule has 0 aliphatic rings. The van der Waals surface area contributed by atoms with Crippen molar-refractivity contribution >= 4 is 11.7 Å². The molecule has 1 atom stereocenters. The standard InChI is InChI=1S/C14H27N3O3/c1-11(18)10-13(6-4-7-16-12(2)15)14(19)17-8-5-9-20-3/h13,16H,2,4-10,15H2,1,3H3,(H,17,19)/t13-/m1/s1. The second kappa shape index (κ2) is 11.3. The summed E-state index contributed by atoms with van der Waals surface area (Å²) >= 11 is 0. The molecule has 0 radical (unpaired) electrons. The molecule has 0 aromatic carbocycles. The molecule has 0 saturated heterocycles. The van der Waals surface area contributed by atoms with Crippen LogP contribution in [0.25, 0.3) is 0 Å². The number of hydrogen-bond acceptors (Lipinski definition) is 5. The Hall–Kier alpha value is -1.56. The summed E-state index contributed by atoms with van der Waals surface area (Å²) < 4.78 is 4.92. The van der Waals surface area contributed by atoms with Crippen molar-refractivity contribution in [2.75, 3.05) is 26.8 Å². The van der Waals surface area contributed by atoms with Gasteiger partial charge in [0.2, 0.25) is 5.91 Å². The molecule has 20 heavy (non-hydrogen) atoms.